The highest BCUT2D eigenvalue weighted by atomic mass is 32.2. The van der Waals surface area contributed by atoms with Crippen molar-refractivity contribution in [1.82, 2.24) is 14.3 Å². The summed E-state index contributed by atoms with van der Waals surface area (Å²) in [6.45, 7) is 9.92. The molecule has 7 heteroatoms. The van der Waals surface area contributed by atoms with E-state index in [-0.39, 0.29) is 0 Å². The number of benzene rings is 2. The van der Waals surface area contributed by atoms with Crippen molar-refractivity contribution in [3.05, 3.63) is 71.0 Å². The predicted molar refractivity (Wildman–Crippen MR) is 124 cm³/mol. The maximum Gasteiger partial charge on any atom is 0.243 e. The number of rotatable bonds is 4. The summed E-state index contributed by atoms with van der Waals surface area (Å²) in [6, 6.07) is 14.0. The zero-order valence-corrected chi connectivity index (χ0v) is 19.3. The van der Waals surface area contributed by atoms with Gasteiger partial charge in [0.15, 0.2) is 0 Å². The molecule has 1 saturated heterocycles. The summed E-state index contributed by atoms with van der Waals surface area (Å²) in [5.74, 6) is 0.824. The number of aromatic nitrogens is 2. The second-order valence-corrected chi connectivity index (χ2v) is 10.1. The van der Waals surface area contributed by atoms with E-state index in [1.165, 1.54) is 5.56 Å². The van der Waals surface area contributed by atoms with Crippen LogP contribution in [0.2, 0.25) is 0 Å². The number of hydrogen-bond acceptors (Lipinski definition) is 5. The first-order valence-electron chi connectivity index (χ1n) is 10.5. The summed E-state index contributed by atoms with van der Waals surface area (Å²) in [4.78, 5) is 11.4. The number of piperazine rings is 1. The fraction of sp³-hybridized carbons (Fsp3) is 0.333. The Morgan fingerprint density at radius 2 is 1.42 bits per heavy atom. The third-order valence-electron chi connectivity index (χ3n) is 5.97. The van der Waals surface area contributed by atoms with Crippen LogP contribution in [0.1, 0.15) is 22.3 Å². The molecule has 0 aliphatic carbocycles. The first-order chi connectivity index (χ1) is 14.8. The lowest BCUT2D eigenvalue weighted by Crippen LogP contribution is -2.49. The maximum atomic E-state index is 13.3. The molecule has 3 aromatic rings. The quantitative estimate of drug-likeness (QED) is 0.621. The summed E-state index contributed by atoms with van der Waals surface area (Å²) in [7, 11) is -3.52. The molecule has 31 heavy (non-hydrogen) atoms. The minimum absolute atomic E-state index is 0.410. The summed E-state index contributed by atoms with van der Waals surface area (Å²) in [6.07, 6.45) is 1.58. The maximum absolute atomic E-state index is 13.3. The van der Waals surface area contributed by atoms with Crippen LogP contribution in [0.3, 0.4) is 0 Å². The molecule has 0 saturated carbocycles. The summed E-state index contributed by atoms with van der Waals surface area (Å²) in [5, 5.41) is 0. The minimum atomic E-state index is -3.52. The van der Waals surface area contributed by atoms with Gasteiger partial charge in [-0.3, -0.25) is 0 Å². The lowest BCUT2D eigenvalue weighted by molar-refractivity contribution is 0.383. The first kappa shape index (κ1) is 21.5. The van der Waals surface area contributed by atoms with E-state index < -0.39 is 10.0 Å². The third-order valence-corrected chi connectivity index (χ3v) is 8.01. The van der Waals surface area contributed by atoms with Crippen LogP contribution < -0.4 is 4.90 Å². The van der Waals surface area contributed by atoms with Gasteiger partial charge in [0, 0.05) is 37.8 Å². The topological polar surface area (TPSA) is 66.4 Å². The van der Waals surface area contributed by atoms with Crippen molar-refractivity contribution in [3.63, 3.8) is 0 Å². The van der Waals surface area contributed by atoms with Crippen molar-refractivity contribution < 1.29 is 8.42 Å². The van der Waals surface area contributed by atoms with Crippen LogP contribution in [0.15, 0.2) is 53.7 Å². The van der Waals surface area contributed by atoms with Gasteiger partial charge in [0.05, 0.1) is 10.6 Å². The van der Waals surface area contributed by atoms with Crippen molar-refractivity contribution in [2.45, 2.75) is 32.6 Å². The van der Waals surface area contributed by atoms with Crippen LogP contribution in [0.4, 0.5) is 5.82 Å². The van der Waals surface area contributed by atoms with Crippen LogP contribution in [0.5, 0.6) is 0 Å². The van der Waals surface area contributed by atoms with Gasteiger partial charge in [0.2, 0.25) is 10.0 Å². The van der Waals surface area contributed by atoms with E-state index in [1.54, 1.807) is 16.7 Å². The molecule has 0 N–H and O–H groups in total. The fourth-order valence-corrected chi connectivity index (χ4v) is 5.62. The second-order valence-electron chi connectivity index (χ2n) is 8.22. The standard InChI is InChI=1S/C24H28N4O2S/c1-17-5-7-21(8-6-17)22-15-24(26-16-25-22)27-9-11-28(12-10-27)31(29,30)23-14-19(3)18(2)13-20(23)4/h5-8,13-16H,9-12H2,1-4H3. The Bertz CT molecular complexity index is 1200. The van der Waals surface area contributed by atoms with E-state index >= 15 is 0 Å². The molecular weight excluding hydrogens is 408 g/mol. The van der Waals surface area contributed by atoms with Crippen LogP contribution in [0.25, 0.3) is 11.3 Å². The molecule has 0 unspecified atom stereocenters. The van der Waals surface area contributed by atoms with Gasteiger partial charge in [-0.1, -0.05) is 35.9 Å². The molecule has 0 spiro atoms. The Hall–Kier alpha value is -2.77. The van der Waals surface area contributed by atoms with E-state index in [9.17, 15) is 8.42 Å². The van der Waals surface area contributed by atoms with E-state index in [2.05, 4.69) is 46.1 Å². The van der Waals surface area contributed by atoms with Crippen LogP contribution in [-0.4, -0.2) is 48.9 Å². The van der Waals surface area contributed by atoms with Crippen molar-refractivity contribution in [3.8, 4) is 11.3 Å². The highest BCUT2D eigenvalue weighted by molar-refractivity contribution is 7.89. The van der Waals surface area contributed by atoms with Gasteiger partial charge in [0.1, 0.15) is 12.1 Å². The first-order valence-corrected chi connectivity index (χ1v) is 11.9. The van der Waals surface area contributed by atoms with Gasteiger partial charge < -0.3 is 4.90 Å². The highest BCUT2D eigenvalue weighted by Gasteiger charge is 2.30. The number of sulfonamides is 1. The summed E-state index contributed by atoms with van der Waals surface area (Å²) < 4.78 is 28.1. The fourth-order valence-electron chi connectivity index (χ4n) is 3.91. The molecule has 2 aromatic carbocycles. The molecule has 0 amide bonds. The van der Waals surface area contributed by atoms with Crippen molar-refractivity contribution >= 4 is 15.8 Å². The Balaban J connectivity index is 1.51. The number of aryl methyl sites for hydroxylation is 4. The minimum Gasteiger partial charge on any atom is -0.354 e. The molecule has 0 radical (unpaired) electrons. The average molecular weight is 437 g/mol. The largest absolute Gasteiger partial charge is 0.354 e. The molecule has 0 atom stereocenters. The molecule has 0 bridgehead atoms. The zero-order valence-electron chi connectivity index (χ0n) is 18.5. The number of anilines is 1. The lowest BCUT2D eigenvalue weighted by Gasteiger charge is -2.35. The van der Waals surface area contributed by atoms with E-state index in [0.29, 0.717) is 31.1 Å². The highest BCUT2D eigenvalue weighted by Crippen LogP contribution is 2.26. The Labute approximate surface area is 184 Å². The summed E-state index contributed by atoms with van der Waals surface area (Å²) >= 11 is 0. The summed E-state index contributed by atoms with van der Waals surface area (Å²) in [5.41, 5.74) is 6.01. The van der Waals surface area contributed by atoms with Crippen molar-refractivity contribution in [2.75, 3.05) is 31.1 Å². The van der Waals surface area contributed by atoms with Gasteiger partial charge in [-0.2, -0.15) is 4.31 Å². The molecule has 1 fully saturated rings. The number of hydrogen-bond donors (Lipinski definition) is 0. The second kappa shape index (κ2) is 8.40. The van der Waals surface area contributed by atoms with Crippen molar-refractivity contribution in [2.24, 2.45) is 0 Å². The molecule has 4 rings (SSSR count). The van der Waals surface area contributed by atoms with Gasteiger partial charge in [-0.15, -0.1) is 0 Å². The van der Waals surface area contributed by atoms with E-state index in [1.807, 2.05) is 32.9 Å². The monoisotopic (exact) mass is 436 g/mol. The Morgan fingerprint density at radius 1 is 0.774 bits per heavy atom. The molecule has 6 nitrogen and oxygen atoms in total. The molecule has 1 aromatic heterocycles. The van der Waals surface area contributed by atoms with Crippen LogP contribution >= 0.6 is 0 Å². The molecule has 1 aliphatic rings. The van der Waals surface area contributed by atoms with Gasteiger partial charge in [-0.05, 0) is 50.5 Å². The molecule has 162 valence electrons. The average Bonchev–Trinajstić information content (AvgIpc) is 2.77. The van der Waals surface area contributed by atoms with Crippen LogP contribution in [-0.2, 0) is 10.0 Å². The van der Waals surface area contributed by atoms with Crippen molar-refractivity contribution in [1.29, 1.82) is 0 Å². The normalized spacial score (nSPS) is 15.3. The SMILES string of the molecule is Cc1ccc(-c2cc(N3CCN(S(=O)(=O)c4cc(C)c(C)cc4C)CC3)ncn2)cc1. The number of nitrogens with zero attached hydrogens (tertiary/aromatic N) is 4. The smallest absolute Gasteiger partial charge is 0.243 e. The predicted octanol–water partition coefficient (Wildman–Crippen LogP) is 3.89. The zero-order chi connectivity index (χ0) is 22.2. The molecular formula is C24H28N4O2S. The Kier molecular flexibility index (Phi) is 5.81. The molecule has 1 aliphatic heterocycles. The Morgan fingerprint density at radius 3 is 2.10 bits per heavy atom. The van der Waals surface area contributed by atoms with Gasteiger partial charge >= 0.3 is 0 Å². The van der Waals surface area contributed by atoms with Crippen LogP contribution in [0, 0.1) is 27.7 Å². The molecule has 2 heterocycles. The van der Waals surface area contributed by atoms with Gasteiger partial charge in [0.25, 0.3) is 0 Å². The van der Waals surface area contributed by atoms with E-state index in [4.69, 9.17) is 0 Å². The van der Waals surface area contributed by atoms with E-state index in [0.717, 1.165) is 33.8 Å². The third kappa shape index (κ3) is 4.34. The van der Waals surface area contributed by atoms with Gasteiger partial charge in [-0.25, -0.2) is 18.4 Å². The lowest BCUT2D eigenvalue weighted by atomic mass is 10.1.